The number of H-pyrrole nitrogens is 1. The Labute approximate surface area is 141 Å². The molecule has 0 saturated carbocycles. The van der Waals surface area contributed by atoms with Crippen LogP contribution in [0.4, 0.5) is 0 Å². The molecule has 3 rings (SSSR count). The molecule has 1 atom stereocenters. The van der Waals surface area contributed by atoms with E-state index in [0.717, 1.165) is 37.2 Å². The fraction of sp³-hybridized carbons (Fsp3) is 0.444. The summed E-state index contributed by atoms with van der Waals surface area (Å²) >= 11 is 0. The van der Waals surface area contributed by atoms with Gasteiger partial charge < -0.3 is 15.5 Å². The topological polar surface area (TPSA) is 84.2 Å². The number of aromatic nitrogens is 2. The van der Waals surface area contributed by atoms with Crippen molar-refractivity contribution in [1.29, 1.82) is 0 Å². The van der Waals surface area contributed by atoms with Crippen molar-refractivity contribution in [2.24, 2.45) is 5.73 Å². The summed E-state index contributed by atoms with van der Waals surface area (Å²) in [5, 5.41) is 0. The molecule has 1 aromatic heterocycles. The Morgan fingerprint density at radius 2 is 2.25 bits per heavy atom. The molecule has 1 fully saturated rings. The third kappa shape index (κ3) is 3.72. The smallest absolute Gasteiger partial charge is 0.251 e. The highest BCUT2D eigenvalue weighted by molar-refractivity contribution is 5.60. The second-order valence-corrected chi connectivity index (χ2v) is 6.17. The largest absolute Gasteiger partial charge is 0.383 e. The van der Waals surface area contributed by atoms with Crippen molar-refractivity contribution in [3.05, 3.63) is 51.9 Å². The maximum atomic E-state index is 11.9. The molecule has 1 saturated heterocycles. The molecule has 6 heteroatoms. The molecule has 24 heavy (non-hydrogen) atoms. The molecule has 1 aliphatic heterocycles. The van der Waals surface area contributed by atoms with Gasteiger partial charge in [-0.2, -0.15) is 0 Å². The van der Waals surface area contributed by atoms with Crippen molar-refractivity contribution in [3.63, 3.8) is 0 Å². The number of nitrogens with two attached hydrogens (primary N) is 1. The molecule has 2 heterocycles. The van der Waals surface area contributed by atoms with Gasteiger partial charge in [-0.25, -0.2) is 4.98 Å². The van der Waals surface area contributed by atoms with Gasteiger partial charge in [-0.15, -0.1) is 0 Å². The lowest BCUT2D eigenvalue weighted by Gasteiger charge is -2.24. The van der Waals surface area contributed by atoms with Gasteiger partial charge in [0.25, 0.3) is 5.56 Å². The van der Waals surface area contributed by atoms with E-state index in [4.69, 9.17) is 10.5 Å². The number of hydrogen-bond donors (Lipinski definition) is 2. The molecule has 2 aromatic rings. The van der Waals surface area contributed by atoms with Crippen LogP contribution in [0.5, 0.6) is 0 Å². The van der Waals surface area contributed by atoms with Crippen LogP contribution in [0.2, 0.25) is 0 Å². The van der Waals surface area contributed by atoms with E-state index < -0.39 is 0 Å². The normalized spacial score (nSPS) is 18.2. The van der Waals surface area contributed by atoms with Crippen molar-refractivity contribution < 1.29 is 4.74 Å². The second-order valence-electron chi connectivity index (χ2n) is 6.17. The summed E-state index contributed by atoms with van der Waals surface area (Å²) in [4.78, 5) is 21.6. The van der Waals surface area contributed by atoms with Crippen molar-refractivity contribution >= 4 is 0 Å². The van der Waals surface area contributed by atoms with Crippen LogP contribution in [0.15, 0.2) is 35.1 Å². The zero-order valence-electron chi connectivity index (χ0n) is 14.0. The molecule has 1 aliphatic rings. The molecule has 0 bridgehead atoms. The van der Waals surface area contributed by atoms with E-state index in [1.165, 1.54) is 12.5 Å². The Morgan fingerprint density at radius 3 is 3.04 bits per heavy atom. The van der Waals surface area contributed by atoms with Crippen LogP contribution in [0.25, 0.3) is 11.4 Å². The molecular weight excluding hydrogens is 304 g/mol. The Hall–Kier alpha value is -2.02. The number of methoxy groups -OCH3 is 1. The lowest BCUT2D eigenvalue weighted by atomic mass is 10.1. The molecule has 0 spiro atoms. The zero-order valence-corrected chi connectivity index (χ0v) is 14.0. The maximum absolute atomic E-state index is 11.9. The quantitative estimate of drug-likeness (QED) is 0.839. The van der Waals surface area contributed by atoms with E-state index in [2.05, 4.69) is 20.9 Å². The van der Waals surface area contributed by atoms with Crippen molar-refractivity contribution in [1.82, 2.24) is 14.9 Å². The third-order valence-corrected chi connectivity index (χ3v) is 4.51. The summed E-state index contributed by atoms with van der Waals surface area (Å²) in [6, 6.07) is 9.96. The SMILES string of the molecule is COC[C@H]1CCCN1Cc1ccccc1-c1nc(CN)cc(=O)[nH]1. The Bertz CT molecular complexity index is 744. The van der Waals surface area contributed by atoms with Crippen LogP contribution >= 0.6 is 0 Å². The van der Waals surface area contributed by atoms with Crippen LogP contribution in [-0.2, 0) is 17.8 Å². The third-order valence-electron chi connectivity index (χ3n) is 4.51. The summed E-state index contributed by atoms with van der Waals surface area (Å²) in [7, 11) is 1.75. The predicted molar refractivity (Wildman–Crippen MR) is 93.5 cm³/mol. The van der Waals surface area contributed by atoms with E-state index in [-0.39, 0.29) is 12.1 Å². The first kappa shape index (κ1) is 16.8. The number of likely N-dealkylation sites (tertiary alicyclic amines) is 1. The maximum Gasteiger partial charge on any atom is 0.251 e. The standard InChI is InChI=1S/C18H24N4O2/c1-24-12-15-6-4-8-22(15)11-13-5-2-3-7-16(13)18-20-14(10-19)9-17(23)21-18/h2-3,5,7,9,15H,4,6,8,10-12,19H2,1H3,(H,20,21,23)/t15-/m1/s1. The molecule has 0 amide bonds. The van der Waals surface area contributed by atoms with Gasteiger partial charge >= 0.3 is 0 Å². The fourth-order valence-electron chi connectivity index (χ4n) is 3.33. The van der Waals surface area contributed by atoms with Gasteiger partial charge in [-0.05, 0) is 24.9 Å². The first-order chi connectivity index (χ1) is 11.7. The summed E-state index contributed by atoms with van der Waals surface area (Å²) < 4.78 is 5.34. The summed E-state index contributed by atoms with van der Waals surface area (Å²) in [6.45, 7) is 2.89. The van der Waals surface area contributed by atoms with Gasteiger partial charge in [0.2, 0.25) is 0 Å². The van der Waals surface area contributed by atoms with Crippen molar-refractivity contribution in [2.75, 3.05) is 20.3 Å². The monoisotopic (exact) mass is 328 g/mol. The van der Waals surface area contributed by atoms with Crippen LogP contribution in [0, 0.1) is 0 Å². The molecular formula is C18H24N4O2. The number of nitrogens with zero attached hydrogens (tertiary/aromatic N) is 2. The van der Waals surface area contributed by atoms with Gasteiger partial charge in [0.1, 0.15) is 5.82 Å². The number of hydrogen-bond acceptors (Lipinski definition) is 5. The molecule has 1 aromatic carbocycles. The minimum absolute atomic E-state index is 0.173. The van der Waals surface area contributed by atoms with E-state index in [0.29, 0.717) is 17.6 Å². The van der Waals surface area contributed by atoms with Crippen LogP contribution < -0.4 is 11.3 Å². The predicted octanol–water partition coefficient (Wildman–Crippen LogP) is 1.51. The fourth-order valence-corrected chi connectivity index (χ4v) is 3.33. The van der Waals surface area contributed by atoms with Crippen LogP contribution in [0.1, 0.15) is 24.1 Å². The second kappa shape index (κ2) is 7.70. The van der Waals surface area contributed by atoms with Crippen molar-refractivity contribution in [2.45, 2.75) is 32.0 Å². The molecule has 0 aliphatic carbocycles. The van der Waals surface area contributed by atoms with Crippen LogP contribution in [-0.4, -0.2) is 41.2 Å². The molecule has 128 valence electrons. The average molecular weight is 328 g/mol. The van der Waals surface area contributed by atoms with E-state index in [1.807, 2.05) is 18.2 Å². The van der Waals surface area contributed by atoms with E-state index in [9.17, 15) is 4.79 Å². The number of nitrogens with one attached hydrogen (secondary N) is 1. The van der Waals surface area contributed by atoms with Crippen molar-refractivity contribution in [3.8, 4) is 11.4 Å². The van der Waals surface area contributed by atoms with Gasteiger partial charge in [0, 0.05) is 37.9 Å². The minimum atomic E-state index is -0.173. The Kier molecular flexibility index (Phi) is 5.40. The average Bonchev–Trinajstić information content (AvgIpc) is 3.02. The van der Waals surface area contributed by atoms with E-state index in [1.54, 1.807) is 7.11 Å². The van der Waals surface area contributed by atoms with E-state index >= 15 is 0 Å². The zero-order chi connectivity index (χ0) is 16.9. The highest BCUT2D eigenvalue weighted by Crippen LogP contribution is 2.25. The Morgan fingerprint density at radius 1 is 1.42 bits per heavy atom. The highest BCUT2D eigenvalue weighted by atomic mass is 16.5. The number of ether oxygens (including phenoxy) is 1. The number of benzene rings is 1. The summed E-state index contributed by atoms with van der Waals surface area (Å²) in [5.41, 5.74) is 8.18. The van der Waals surface area contributed by atoms with Gasteiger partial charge in [0.05, 0.1) is 12.3 Å². The van der Waals surface area contributed by atoms with Gasteiger partial charge in [0.15, 0.2) is 0 Å². The summed E-state index contributed by atoms with van der Waals surface area (Å²) in [6.07, 6.45) is 2.35. The molecule has 0 radical (unpaired) electrons. The first-order valence-corrected chi connectivity index (χ1v) is 8.33. The number of aromatic amines is 1. The number of rotatable bonds is 6. The van der Waals surface area contributed by atoms with Gasteiger partial charge in [-0.3, -0.25) is 9.69 Å². The Balaban J connectivity index is 1.91. The first-order valence-electron chi connectivity index (χ1n) is 8.33. The lowest BCUT2D eigenvalue weighted by molar-refractivity contribution is 0.112. The lowest BCUT2D eigenvalue weighted by Crippen LogP contribution is -2.32. The highest BCUT2D eigenvalue weighted by Gasteiger charge is 2.25. The molecule has 6 nitrogen and oxygen atoms in total. The van der Waals surface area contributed by atoms with Crippen LogP contribution in [0.3, 0.4) is 0 Å². The summed E-state index contributed by atoms with van der Waals surface area (Å²) in [5.74, 6) is 0.584. The minimum Gasteiger partial charge on any atom is -0.383 e. The van der Waals surface area contributed by atoms with Gasteiger partial charge in [-0.1, -0.05) is 24.3 Å². The molecule has 3 N–H and O–H groups in total. The molecule has 0 unspecified atom stereocenters.